The molecule has 1 amide bonds. The molecule has 6 nitrogen and oxygen atoms in total. The van der Waals surface area contributed by atoms with Crippen LogP contribution in [0.2, 0.25) is 5.02 Å². The van der Waals surface area contributed by atoms with E-state index in [2.05, 4.69) is 5.32 Å². The molecule has 2 aromatic rings. The summed E-state index contributed by atoms with van der Waals surface area (Å²) < 4.78 is 28.5. The van der Waals surface area contributed by atoms with Crippen LogP contribution < -0.4 is 5.32 Å². The van der Waals surface area contributed by atoms with E-state index in [9.17, 15) is 13.2 Å². The number of benzene rings is 2. The molecule has 1 aliphatic heterocycles. The van der Waals surface area contributed by atoms with Crippen LogP contribution in [-0.2, 0) is 21.5 Å². The van der Waals surface area contributed by atoms with Crippen LogP contribution in [0, 0.1) is 13.8 Å². The molecule has 0 unspecified atom stereocenters. The van der Waals surface area contributed by atoms with Crippen LogP contribution in [-0.4, -0.2) is 42.6 Å². The van der Waals surface area contributed by atoms with E-state index in [0.717, 1.165) is 16.7 Å². The molecule has 3 rings (SSSR count). The van der Waals surface area contributed by atoms with Crippen molar-refractivity contribution in [1.29, 1.82) is 0 Å². The van der Waals surface area contributed by atoms with Crippen molar-refractivity contribution in [3.63, 3.8) is 0 Å². The number of carbonyl (C=O) groups is 1. The zero-order chi connectivity index (χ0) is 20.3. The Hall–Kier alpha value is -1.93. The average Bonchev–Trinajstić information content (AvgIpc) is 2.63. The first-order chi connectivity index (χ1) is 13.3. The molecule has 0 radical (unpaired) electrons. The van der Waals surface area contributed by atoms with E-state index in [1.165, 1.54) is 8.61 Å². The monoisotopic (exact) mass is 421 g/mol. The van der Waals surface area contributed by atoms with E-state index in [-0.39, 0.29) is 19.0 Å². The molecule has 2 aromatic carbocycles. The second-order valence-electron chi connectivity index (χ2n) is 6.99. The third-order valence-corrected chi connectivity index (χ3v) is 7.06. The van der Waals surface area contributed by atoms with Crippen LogP contribution >= 0.6 is 11.6 Å². The van der Waals surface area contributed by atoms with Gasteiger partial charge in [0.25, 0.3) is 10.2 Å². The molecule has 0 spiro atoms. The van der Waals surface area contributed by atoms with Crippen molar-refractivity contribution in [2.24, 2.45) is 0 Å². The van der Waals surface area contributed by atoms with E-state index in [1.54, 1.807) is 12.1 Å². The Labute approximate surface area is 171 Å². The lowest BCUT2D eigenvalue weighted by molar-refractivity contribution is -0.116. The highest BCUT2D eigenvalue weighted by Gasteiger charge is 2.35. The molecule has 1 fully saturated rings. The van der Waals surface area contributed by atoms with E-state index in [4.69, 9.17) is 11.6 Å². The number of hydrogen-bond acceptors (Lipinski definition) is 3. The number of halogens is 1. The van der Waals surface area contributed by atoms with Gasteiger partial charge in [0.05, 0.1) is 6.54 Å². The maximum Gasteiger partial charge on any atom is 0.282 e. The highest BCUT2D eigenvalue weighted by molar-refractivity contribution is 7.86. The third-order valence-electron chi connectivity index (χ3n) is 4.76. The zero-order valence-corrected chi connectivity index (χ0v) is 17.6. The Morgan fingerprint density at radius 2 is 1.82 bits per heavy atom. The minimum atomic E-state index is -3.74. The number of nitrogens with one attached hydrogen (secondary N) is 1. The second kappa shape index (κ2) is 8.61. The van der Waals surface area contributed by atoms with Crippen molar-refractivity contribution in [1.82, 2.24) is 8.61 Å². The molecule has 150 valence electrons. The first-order valence-corrected chi connectivity index (χ1v) is 10.9. The van der Waals surface area contributed by atoms with Crippen LogP contribution in [0.25, 0.3) is 0 Å². The minimum absolute atomic E-state index is 0.192. The lowest BCUT2D eigenvalue weighted by Crippen LogP contribution is -2.51. The number of anilines is 1. The average molecular weight is 422 g/mol. The zero-order valence-electron chi connectivity index (χ0n) is 16.0. The van der Waals surface area contributed by atoms with Crippen molar-refractivity contribution in [3.8, 4) is 0 Å². The largest absolute Gasteiger partial charge is 0.325 e. The Bertz CT molecular complexity index is 978. The Morgan fingerprint density at radius 3 is 2.57 bits per heavy atom. The van der Waals surface area contributed by atoms with E-state index >= 15 is 0 Å². The highest BCUT2D eigenvalue weighted by atomic mass is 35.5. The quantitative estimate of drug-likeness (QED) is 0.804. The summed E-state index contributed by atoms with van der Waals surface area (Å²) >= 11 is 6.18. The van der Waals surface area contributed by atoms with Crippen molar-refractivity contribution in [2.45, 2.75) is 26.8 Å². The van der Waals surface area contributed by atoms with E-state index in [1.807, 2.05) is 44.2 Å². The molecule has 1 saturated heterocycles. The fourth-order valence-electron chi connectivity index (χ4n) is 3.18. The second-order valence-corrected chi connectivity index (χ2v) is 9.32. The van der Waals surface area contributed by atoms with Crippen molar-refractivity contribution in [3.05, 3.63) is 64.2 Å². The Kier molecular flexibility index (Phi) is 6.40. The van der Waals surface area contributed by atoms with Gasteiger partial charge in [-0.15, -0.1) is 0 Å². The summed E-state index contributed by atoms with van der Waals surface area (Å²) in [6.45, 7) is 4.55. The smallest absolute Gasteiger partial charge is 0.282 e. The Morgan fingerprint density at radius 1 is 1.11 bits per heavy atom. The van der Waals surface area contributed by atoms with Crippen LogP contribution in [0.15, 0.2) is 42.5 Å². The summed E-state index contributed by atoms with van der Waals surface area (Å²) in [7, 11) is -3.74. The maximum absolute atomic E-state index is 13.0. The number of carbonyl (C=O) groups excluding carboxylic acids is 1. The number of nitrogens with zero attached hydrogens (tertiary/aromatic N) is 2. The predicted octanol–water partition coefficient (Wildman–Crippen LogP) is 3.35. The summed E-state index contributed by atoms with van der Waals surface area (Å²) in [6.07, 6.45) is 0.653. The van der Waals surface area contributed by atoms with Crippen LogP contribution in [0.4, 0.5) is 5.69 Å². The molecule has 8 heteroatoms. The lowest BCUT2D eigenvalue weighted by atomic mass is 10.1. The standard InChI is InChI=1S/C20H24ClN3O3S/c1-15-8-9-16(2)19(12-15)22-20(25)14-24-11-5-10-23(28(24,26)27)13-17-6-3-4-7-18(17)21/h3-4,6-9,12H,5,10-11,13-14H2,1-2H3,(H,22,25). The summed E-state index contributed by atoms with van der Waals surface area (Å²) in [6, 6.07) is 12.9. The SMILES string of the molecule is Cc1ccc(C)c(NC(=O)CN2CCCN(Cc3ccccc3Cl)S2(=O)=O)c1. The molecular weight excluding hydrogens is 398 g/mol. The molecule has 0 atom stereocenters. The van der Waals surface area contributed by atoms with Gasteiger partial charge in [0.1, 0.15) is 0 Å². The van der Waals surface area contributed by atoms with Gasteiger partial charge in [-0.1, -0.05) is 41.9 Å². The van der Waals surface area contributed by atoms with Gasteiger partial charge in [0.2, 0.25) is 5.91 Å². The highest BCUT2D eigenvalue weighted by Crippen LogP contribution is 2.23. The molecule has 1 N–H and O–H groups in total. The summed E-state index contributed by atoms with van der Waals surface area (Å²) in [5, 5.41) is 3.36. The van der Waals surface area contributed by atoms with Gasteiger partial charge in [-0.25, -0.2) is 0 Å². The molecule has 28 heavy (non-hydrogen) atoms. The molecular formula is C20H24ClN3O3S. The molecule has 0 aliphatic carbocycles. The Balaban J connectivity index is 1.70. The number of aryl methyl sites for hydroxylation is 2. The van der Waals surface area contributed by atoms with Gasteiger partial charge >= 0.3 is 0 Å². The topological polar surface area (TPSA) is 69.7 Å². The van der Waals surface area contributed by atoms with Gasteiger partial charge in [-0.2, -0.15) is 17.0 Å². The third kappa shape index (κ3) is 4.72. The van der Waals surface area contributed by atoms with E-state index in [0.29, 0.717) is 30.2 Å². The first kappa shape index (κ1) is 20.8. The van der Waals surface area contributed by atoms with Gasteiger partial charge < -0.3 is 5.32 Å². The normalized spacial score (nSPS) is 17.4. The fraction of sp³-hybridized carbons (Fsp3) is 0.350. The molecule has 0 saturated carbocycles. The van der Waals surface area contributed by atoms with Gasteiger partial charge in [0, 0.05) is 30.3 Å². The molecule has 1 heterocycles. The van der Waals surface area contributed by atoms with Gasteiger partial charge in [-0.3, -0.25) is 4.79 Å². The maximum atomic E-state index is 13.0. The molecule has 0 bridgehead atoms. The van der Waals surface area contributed by atoms with E-state index < -0.39 is 10.2 Å². The van der Waals surface area contributed by atoms with Crippen LogP contribution in [0.3, 0.4) is 0 Å². The number of hydrogen-bond donors (Lipinski definition) is 1. The molecule has 0 aromatic heterocycles. The first-order valence-electron chi connectivity index (χ1n) is 9.13. The molecule has 1 aliphatic rings. The number of rotatable bonds is 5. The van der Waals surface area contributed by atoms with Crippen LogP contribution in [0.1, 0.15) is 23.1 Å². The predicted molar refractivity (Wildman–Crippen MR) is 112 cm³/mol. The van der Waals surface area contributed by atoms with Crippen molar-refractivity contribution < 1.29 is 13.2 Å². The van der Waals surface area contributed by atoms with Gasteiger partial charge in [0.15, 0.2) is 0 Å². The lowest BCUT2D eigenvalue weighted by Gasteiger charge is -2.34. The van der Waals surface area contributed by atoms with Gasteiger partial charge in [-0.05, 0) is 49.1 Å². The van der Waals surface area contributed by atoms with Crippen molar-refractivity contribution in [2.75, 3.05) is 25.0 Å². The van der Waals surface area contributed by atoms with Crippen molar-refractivity contribution >= 4 is 33.4 Å². The number of amides is 1. The summed E-state index contributed by atoms with van der Waals surface area (Å²) in [5.74, 6) is -0.350. The summed E-state index contributed by atoms with van der Waals surface area (Å²) in [4.78, 5) is 12.5. The fourth-order valence-corrected chi connectivity index (χ4v) is 5.00. The van der Waals surface area contributed by atoms with Crippen LogP contribution in [0.5, 0.6) is 0 Å². The summed E-state index contributed by atoms with van der Waals surface area (Å²) in [5.41, 5.74) is 3.40. The minimum Gasteiger partial charge on any atom is -0.325 e.